The third-order valence-corrected chi connectivity index (χ3v) is 3.36. The van der Waals surface area contributed by atoms with Gasteiger partial charge in [-0.15, -0.1) is 0 Å². The minimum absolute atomic E-state index is 0.126. The van der Waals surface area contributed by atoms with Crippen LogP contribution >= 0.6 is 11.6 Å². The molecule has 0 aliphatic carbocycles. The molecule has 2 heterocycles. The van der Waals surface area contributed by atoms with Gasteiger partial charge in [0.25, 0.3) is 0 Å². The molecule has 0 aromatic carbocycles. The van der Waals surface area contributed by atoms with Crippen LogP contribution in [0.5, 0.6) is 0 Å². The van der Waals surface area contributed by atoms with Gasteiger partial charge in [0.15, 0.2) is 0 Å². The maximum absolute atomic E-state index is 6.09. The van der Waals surface area contributed by atoms with E-state index in [0.717, 1.165) is 30.2 Å². The zero-order valence-electron chi connectivity index (χ0n) is 13.0. The Bertz CT molecular complexity index is 576. The summed E-state index contributed by atoms with van der Waals surface area (Å²) in [6.45, 7) is 8.34. The van der Waals surface area contributed by atoms with E-state index in [9.17, 15) is 0 Å². The number of anilines is 1. The second kappa shape index (κ2) is 6.48. The van der Waals surface area contributed by atoms with Crippen molar-refractivity contribution in [2.45, 2.75) is 52.0 Å². The predicted octanol–water partition coefficient (Wildman–Crippen LogP) is 4.45. The third kappa shape index (κ3) is 4.74. The molecule has 0 amide bonds. The summed E-state index contributed by atoms with van der Waals surface area (Å²) in [4.78, 5) is 8.86. The number of aryl methyl sites for hydroxylation is 1. The topological polar surface area (TPSA) is 51.0 Å². The van der Waals surface area contributed by atoms with Crippen molar-refractivity contribution in [1.29, 1.82) is 0 Å². The fraction of sp³-hybridized carbons (Fsp3) is 0.500. The summed E-state index contributed by atoms with van der Waals surface area (Å²) < 4.78 is 5.34. The molecule has 0 bridgehead atoms. The van der Waals surface area contributed by atoms with Crippen LogP contribution in [0, 0.1) is 0 Å². The molecule has 0 fully saturated rings. The number of hydrogen-bond acceptors (Lipinski definition) is 4. The molecule has 5 heteroatoms. The van der Waals surface area contributed by atoms with Gasteiger partial charge >= 0.3 is 0 Å². The molecule has 2 aromatic rings. The van der Waals surface area contributed by atoms with E-state index in [0.29, 0.717) is 5.15 Å². The van der Waals surface area contributed by atoms with Gasteiger partial charge in [-0.2, -0.15) is 0 Å². The molecule has 2 aromatic heterocycles. The van der Waals surface area contributed by atoms with Crippen LogP contribution in [0.15, 0.2) is 28.9 Å². The first-order chi connectivity index (χ1) is 9.84. The maximum Gasteiger partial charge on any atom is 0.137 e. The van der Waals surface area contributed by atoms with E-state index < -0.39 is 0 Å². The van der Waals surface area contributed by atoms with E-state index in [-0.39, 0.29) is 11.5 Å². The summed E-state index contributed by atoms with van der Waals surface area (Å²) >= 11 is 6.09. The predicted molar refractivity (Wildman–Crippen MR) is 85.9 cm³/mol. The highest BCUT2D eigenvalue weighted by atomic mass is 35.5. The molecule has 2 rings (SSSR count). The van der Waals surface area contributed by atoms with Crippen molar-refractivity contribution in [2.75, 3.05) is 5.32 Å². The van der Waals surface area contributed by atoms with E-state index >= 15 is 0 Å². The molecule has 0 spiro atoms. The van der Waals surface area contributed by atoms with Crippen LogP contribution in [0.25, 0.3) is 0 Å². The zero-order valence-corrected chi connectivity index (χ0v) is 13.7. The molecule has 0 aliphatic heterocycles. The van der Waals surface area contributed by atoms with Gasteiger partial charge in [-0.1, -0.05) is 32.4 Å². The molecule has 0 radical (unpaired) electrons. The molecule has 1 N–H and O–H groups in total. The summed E-state index contributed by atoms with van der Waals surface area (Å²) in [6.07, 6.45) is 3.55. The average Bonchev–Trinajstić information content (AvgIpc) is 2.87. The van der Waals surface area contributed by atoms with Crippen molar-refractivity contribution in [3.63, 3.8) is 0 Å². The van der Waals surface area contributed by atoms with Gasteiger partial charge in [-0.25, -0.2) is 9.97 Å². The summed E-state index contributed by atoms with van der Waals surface area (Å²) in [6, 6.07) is 5.94. The summed E-state index contributed by atoms with van der Waals surface area (Å²) in [5.74, 6) is 2.52. The lowest BCUT2D eigenvalue weighted by Gasteiger charge is -2.19. The fourth-order valence-electron chi connectivity index (χ4n) is 1.97. The first-order valence-electron chi connectivity index (χ1n) is 7.18. The smallest absolute Gasteiger partial charge is 0.137 e. The van der Waals surface area contributed by atoms with Gasteiger partial charge in [0, 0.05) is 23.9 Å². The van der Waals surface area contributed by atoms with Crippen LogP contribution < -0.4 is 5.32 Å². The van der Waals surface area contributed by atoms with Gasteiger partial charge in [0.1, 0.15) is 22.6 Å². The van der Waals surface area contributed by atoms with Gasteiger partial charge in [0.05, 0.1) is 6.26 Å². The third-order valence-electron chi connectivity index (χ3n) is 3.16. The summed E-state index contributed by atoms with van der Waals surface area (Å²) in [7, 11) is 0. The highest BCUT2D eigenvalue weighted by Crippen LogP contribution is 2.22. The van der Waals surface area contributed by atoms with Crippen LogP contribution in [-0.4, -0.2) is 16.0 Å². The molecular formula is C16H22ClN3O. The van der Waals surface area contributed by atoms with Gasteiger partial charge in [0.2, 0.25) is 0 Å². The Morgan fingerprint density at radius 2 is 2.10 bits per heavy atom. The quantitative estimate of drug-likeness (QED) is 0.829. The molecule has 114 valence electrons. The molecule has 21 heavy (non-hydrogen) atoms. The highest BCUT2D eigenvalue weighted by molar-refractivity contribution is 6.29. The van der Waals surface area contributed by atoms with Gasteiger partial charge in [-0.05, 0) is 25.5 Å². The Labute approximate surface area is 130 Å². The van der Waals surface area contributed by atoms with Crippen molar-refractivity contribution in [3.8, 4) is 0 Å². The van der Waals surface area contributed by atoms with Crippen LogP contribution in [0.1, 0.15) is 45.7 Å². The van der Waals surface area contributed by atoms with Crippen LogP contribution in [0.3, 0.4) is 0 Å². The van der Waals surface area contributed by atoms with E-state index in [1.807, 2.05) is 12.1 Å². The molecule has 0 saturated carbocycles. The molecule has 0 saturated heterocycles. The Morgan fingerprint density at radius 1 is 1.33 bits per heavy atom. The monoisotopic (exact) mass is 307 g/mol. The number of rotatable bonds is 5. The highest BCUT2D eigenvalue weighted by Gasteiger charge is 2.19. The molecule has 1 atom stereocenters. The second-order valence-electron chi connectivity index (χ2n) is 6.31. The Kier molecular flexibility index (Phi) is 4.88. The fourth-order valence-corrected chi connectivity index (χ4v) is 2.15. The van der Waals surface area contributed by atoms with Crippen molar-refractivity contribution < 1.29 is 4.42 Å². The second-order valence-corrected chi connectivity index (χ2v) is 6.70. The first kappa shape index (κ1) is 15.8. The Morgan fingerprint density at radius 3 is 2.71 bits per heavy atom. The standard InChI is InChI=1S/C16H22ClN3O/c1-11(7-8-12-6-5-9-21-12)18-14-10-13(17)19-15(20-14)16(2,3)4/h5-6,9-11H,7-8H2,1-4H3,(H,18,19,20). The number of halogens is 1. The number of hydrogen-bond donors (Lipinski definition) is 1. The Hall–Kier alpha value is -1.55. The molecule has 0 aliphatic rings. The summed E-state index contributed by atoms with van der Waals surface area (Å²) in [5, 5.41) is 3.85. The van der Waals surface area contributed by atoms with Crippen LogP contribution in [0.4, 0.5) is 5.82 Å². The lowest BCUT2D eigenvalue weighted by Crippen LogP contribution is -2.21. The zero-order chi connectivity index (χ0) is 15.5. The van der Waals surface area contributed by atoms with Crippen LogP contribution in [-0.2, 0) is 11.8 Å². The SMILES string of the molecule is CC(CCc1ccco1)Nc1cc(Cl)nc(C(C)(C)C)n1. The van der Waals surface area contributed by atoms with Crippen LogP contribution in [0.2, 0.25) is 5.15 Å². The minimum atomic E-state index is -0.126. The van der Waals surface area contributed by atoms with Crippen molar-refractivity contribution in [1.82, 2.24) is 9.97 Å². The molecular weight excluding hydrogens is 286 g/mol. The largest absolute Gasteiger partial charge is 0.469 e. The van der Waals surface area contributed by atoms with Crippen molar-refractivity contribution in [3.05, 3.63) is 41.2 Å². The number of furan rings is 1. The first-order valence-corrected chi connectivity index (χ1v) is 7.56. The minimum Gasteiger partial charge on any atom is -0.469 e. The van der Waals surface area contributed by atoms with Gasteiger partial charge in [-0.3, -0.25) is 0 Å². The van der Waals surface area contributed by atoms with Crippen molar-refractivity contribution >= 4 is 17.4 Å². The lowest BCUT2D eigenvalue weighted by molar-refractivity contribution is 0.494. The average molecular weight is 308 g/mol. The van der Waals surface area contributed by atoms with E-state index in [4.69, 9.17) is 16.0 Å². The maximum atomic E-state index is 6.09. The van der Waals surface area contributed by atoms with Crippen molar-refractivity contribution in [2.24, 2.45) is 0 Å². The van der Waals surface area contributed by atoms with E-state index in [1.165, 1.54) is 0 Å². The molecule has 1 unspecified atom stereocenters. The molecule has 4 nitrogen and oxygen atoms in total. The van der Waals surface area contributed by atoms with E-state index in [1.54, 1.807) is 12.3 Å². The number of aromatic nitrogens is 2. The van der Waals surface area contributed by atoms with E-state index in [2.05, 4.69) is 43.0 Å². The number of nitrogens with zero attached hydrogens (tertiary/aromatic N) is 2. The summed E-state index contributed by atoms with van der Waals surface area (Å²) in [5.41, 5.74) is -0.126. The lowest BCUT2D eigenvalue weighted by atomic mass is 9.96. The Balaban J connectivity index is 2.00. The normalized spacial score (nSPS) is 13.2. The van der Waals surface area contributed by atoms with Gasteiger partial charge < -0.3 is 9.73 Å². The number of nitrogens with one attached hydrogen (secondary N) is 1.